The molecule has 0 aliphatic carbocycles. The second-order valence-electron chi connectivity index (χ2n) is 6.35. The minimum atomic E-state index is 0.606. The Morgan fingerprint density at radius 3 is 2.63 bits per heavy atom. The van der Waals surface area contributed by atoms with Crippen LogP contribution in [0.5, 0.6) is 0 Å². The van der Waals surface area contributed by atoms with Gasteiger partial charge in [0.2, 0.25) is 0 Å². The van der Waals surface area contributed by atoms with Gasteiger partial charge in [0.15, 0.2) is 0 Å². The molecule has 2 rings (SSSR count). The highest BCUT2D eigenvalue weighted by Gasteiger charge is 2.47. The normalized spacial score (nSPS) is 32.0. The van der Waals surface area contributed by atoms with E-state index < -0.39 is 0 Å². The van der Waals surface area contributed by atoms with Crippen LogP contribution < -0.4 is 5.32 Å². The molecule has 3 unspecified atom stereocenters. The van der Waals surface area contributed by atoms with Crippen molar-refractivity contribution in [3.63, 3.8) is 0 Å². The van der Waals surface area contributed by atoms with Gasteiger partial charge < -0.3 is 10.2 Å². The summed E-state index contributed by atoms with van der Waals surface area (Å²) < 4.78 is 0. The number of rotatable bonds is 4. The molecule has 0 aromatic rings. The molecule has 2 nitrogen and oxygen atoms in total. The van der Waals surface area contributed by atoms with Crippen molar-refractivity contribution >= 4 is 0 Å². The maximum absolute atomic E-state index is 4.20. The molecule has 2 fully saturated rings. The van der Waals surface area contributed by atoms with Gasteiger partial charge in [-0.15, -0.1) is 0 Å². The standard InChI is InChI=1S/C17H28N2/c1-7-8-15(13(5)11(2)3)19-10-16(19)17-12(4)9-18-14(17)6/h7-8,11-12,16-18H,6,9-10H2,1-5H3/b8-7-,15-13+. The van der Waals surface area contributed by atoms with Crippen LogP contribution in [0.15, 0.2) is 35.7 Å². The first-order chi connectivity index (χ1) is 8.97. The lowest BCUT2D eigenvalue weighted by molar-refractivity contribution is 0.423. The zero-order valence-corrected chi connectivity index (χ0v) is 13.0. The Balaban J connectivity index is 2.16. The Bertz CT molecular complexity index is 417. The van der Waals surface area contributed by atoms with Crippen molar-refractivity contribution < 1.29 is 0 Å². The summed E-state index contributed by atoms with van der Waals surface area (Å²) in [4.78, 5) is 2.55. The van der Waals surface area contributed by atoms with Gasteiger partial charge in [-0.1, -0.05) is 33.4 Å². The predicted octanol–water partition coefficient (Wildman–Crippen LogP) is 3.55. The minimum Gasteiger partial charge on any atom is -0.388 e. The Hall–Kier alpha value is -1.18. The Kier molecular flexibility index (Phi) is 4.07. The van der Waals surface area contributed by atoms with Crippen LogP contribution in [0.4, 0.5) is 0 Å². The second-order valence-corrected chi connectivity index (χ2v) is 6.35. The first-order valence-corrected chi connectivity index (χ1v) is 7.50. The summed E-state index contributed by atoms with van der Waals surface area (Å²) in [6.07, 6.45) is 4.42. The largest absolute Gasteiger partial charge is 0.388 e. The fourth-order valence-electron chi connectivity index (χ4n) is 3.14. The molecule has 19 heavy (non-hydrogen) atoms. The topological polar surface area (TPSA) is 15.0 Å². The molecule has 3 atom stereocenters. The maximum atomic E-state index is 4.20. The van der Waals surface area contributed by atoms with Crippen molar-refractivity contribution in [1.82, 2.24) is 10.2 Å². The summed E-state index contributed by atoms with van der Waals surface area (Å²) in [5, 5.41) is 3.43. The summed E-state index contributed by atoms with van der Waals surface area (Å²) >= 11 is 0. The fraction of sp³-hybridized carbons (Fsp3) is 0.647. The molecule has 2 aliphatic heterocycles. The number of hydrogen-bond acceptors (Lipinski definition) is 2. The van der Waals surface area contributed by atoms with Crippen LogP contribution >= 0.6 is 0 Å². The molecule has 2 saturated heterocycles. The molecule has 1 N–H and O–H groups in total. The van der Waals surface area contributed by atoms with Gasteiger partial charge in [-0.3, -0.25) is 0 Å². The molecular formula is C17H28N2. The lowest BCUT2D eigenvalue weighted by Gasteiger charge is -2.19. The second kappa shape index (κ2) is 5.44. The van der Waals surface area contributed by atoms with Crippen LogP contribution in [-0.4, -0.2) is 24.0 Å². The first-order valence-electron chi connectivity index (χ1n) is 7.50. The van der Waals surface area contributed by atoms with Crippen molar-refractivity contribution in [2.75, 3.05) is 13.1 Å². The summed E-state index contributed by atoms with van der Waals surface area (Å²) in [5.41, 5.74) is 4.15. The molecule has 0 bridgehead atoms. The van der Waals surface area contributed by atoms with Crippen LogP contribution in [0.2, 0.25) is 0 Å². The van der Waals surface area contributed by atoms with Crippen LogP contribution in [0.1, 0.15) is 34.6 Å². The van der Waals surface area contributed by atoms with Crippen molar-refractivity contribution in [2.24, 2.45) is 17.8 Å². The Morgan fingerprint density at radius 1 is 1.47 bits per heavy atom. The monoisotopic (exact) mass is 260 g/mol. The van der Waals surface area contributed by atoms with E-state index in [1.54, 1.807) is 0 Å². The van der Waals surface area contributed by atoms with Crippen molar-refractivity contribution in [2.45, 2.75) is 40.7 Å². The molecule has 2 heteroatoms. The molecule has 0 radical (unpaired) electrons. The third-order valence-electron chi connectivity index (χ3n) is 4.64. The van der Waals surface area contributed by atoms with Crippen LogP contribution in [0.3, 0.4) is 0 Å². The SMILES string of the molecule is C=C1NCC(C)C1C1CN1C(/C=C\C)=C(\C)C(C)C. The smallest absolute Gasteiger partial charge is 0.0551 e. The molecule has 0 spiro atoms. The van der Waals surface area contributed by atoms with E-state index in [-0.39, 0.29) is 0 Å². The van der Waals surface area contributed by atoms with Crippen molar-refractivity contribution in [3.05, 3.63) is 35.7 Å². The van der Waals surface area contributed by atoms with Gasteiger partial charge >= 0.3 is 0 Å². The van der Waals surface area contributed by atoms with Crippen LogP contribution in [-0.2, 0) is 0 Å². The van der Waals surface area contributed by atoms with Gasteiger partial charge in [0.05, 0.1) is 6.04 Å². The average molecular weight is 260 g/mol. The number of nitrogens with one attached hydrogen (secondary N) is 1. The molecule has 2 heterocycles. The van der Waals surface area contributed by atoms with Crippen molar-refractivity contribution in [3.8, 4) is 0 Å². The van der Waals surface area contributed by atoms with E-state index in [2.05, 4.69) is 63.6 Å². The van der Waals surface area contributed by atoms with E-state index in [4.69, 9.17) is 0 Å². The van der Waals surface area contributed by atoms with Gasteiger partial charge in [0.25, 0.3) is 0 Å². The summed E-state index contributed by atoms with van der Waals surface area (Å²) in [6.45, 7) is 17.7. The number of hydrogen-bond donors (Lipinski definition) is 1. The Labute approximate surface area is 118 Å². The van der Waals surface area contributed by atoms with E-state index in [9.17, 15) is 0 Å². The molecule has 0 saturated carbocycles. The highest BCUT2D eigenvalue weighted by molar-refractivity contribution is 5.31. The average Bonchev–Trinajstić information content (AvgIpc) is 3.05. The van der Waals surface area contributed by atoms with Gasteiger partial charge in [-0.25, -0.2) is 0 Å². The van der Waals surface area contributed by atoms with Crippen molar-refractivity contribution in [1.29, 1.82) is 0 Å². The highest BCUT2D eigenvalue weighted by atomic mass is 15.3. The third-order valence-corrected chi connectivity index (χ3v) is 4.64. The molecular weight excluding hydrogens is 232 g/mol. The van der Waals surface area contributed by atoms with Gasteiger partial charge in [0.1, 0.15) is 0 Å². The number of nitrogens with zero attached hydrogens (tertiary/aromatic N) is 1. The van der Waals surface area contributed by atoms with Crippen LogP contribution in [0.25, 0.3) is 0 Å². The lowest BCUT2D eigenvalue weighted by atomic mass is 9.92. The first kappa shape index (κ1) is 14.2. The quantitative estimate of drug-likeness (QED) is 0.614. The molecule has 0 aromatic carbocycles. The molecule has 2 aliphatic rings. The molecule has 0 amide bonds. The summed E-state index contributed by atoms with van der Waals surface area (Å²) in [7, 11) is 0. The number of allylic oxidation sites excluding steroid dienone is 3. The zero-order valence-electron chi connectivity index (χ0n) is 13.0. The van der Waals surface area contributed by atoms with E-state index in [0.717, 1.165) is 6.54 Å². The third kappa shape index (κ3) is 2.72. The minimum absolute atomic E-state index is 0.606. The van der Waals surface area contributed by atoms with E-state index in [1.807, 2.05) is 0 Å². The summed E-state index contributed by atoms with van der Waals surface area (Å²) in [6, 6.07) is 0.650. The highest BCUT2D eigenvalue weighted by Crippen LogP contribution is 2.41. The zero-order chi connectivity index (χ0) is 14.2. The molecule has 106 valence electrons. The van der Waals surface area contributed by atoms with E-state index in [1.165, 1.54) is 23.5 Å². The van der Waals surface area contributed by atoms with E-state index >= 15 is 0 Å². The van der Waals surface area contributed by atoms with Gasteiger partial charge in [0, 0.05) is 30.4 Å². The summed E-state index contributed by atoms with van der Waals surface area (Å²) in [5.74, 6) is 1.92. The van der Waals surface area contributed by atoms with Gasteiger partial charge in [-0.05, 0) is 37.3 Å². The Morgan fingerprint density at radius 2 is 2.16 bits per heavy atom. The maximum Gasteiger partial charge on any atom is 0.0551 e. The fourth-order valence-corrected chi connectivity index (χ4v) is 3.14. The van der Waals surface area contributed by atoms with Crippen LogP contribution in [0, 0.1) is 17.8 Å². The van der Waals surface area contributed by atoms with E-state index in [0.29, 0.717) is 23.8 Å². The molecule has 0 aromatic heterocycles. The predicted molar refractivity (Wildman–Crippen MR) is 82.6 cm³/mol. The lowest BCUT2D eigenvalue weighted by Crippen LogP contribution is -2.19. The van der Waals surface area contributed by atoms with Gasteiger partial charge in [-0.2, -0.15) is 0 Å².